The highest BCUT2D eigenvalue weighted by Gasteiger charge is 2.45. The maximum Gasteiger partial charge on any atom is 0.407 e. The van der Waals surface area contributed by atoms with Crippen molar-refractivity contribution in [1.29, 1.82) is 0 Å². The lowest BCUT2D eigenvalue weighted by atomic mass is 9.96. The van der Waals surface area contributed by atoms with Gasteiger partial charge < -0.3 is 15.4 Å². The van der Waals surface area contributed by atoms with Crippen LogP contribution in [0.15, 0.2) is 0 Å². The van der Waals surface area contributed by atoms with Gasteiger partial charge in [-0.1, -0.05) is 6.92 Å². The van der Waals surface area contributed by atoms with Gasteiger partial charge in [0.25, 0.3) is 5.91 Å². The number of hydrogen-bond acceptors (Lipinski definition) is 4. The number of carbonyl (C=O) groups is 3. The van der Waals surface area contributed by atoms with Crippen molar-refractivity contribution in [2.75, 3.05) is 6.54 Å². The van der Waals surface area contributed by atoms with Crippen LogP contribution in [0, 0.1) is 0 Å². The Kier molecular flexibility index (Phi) is 3.83. The van der Waals surface area contributed by atoms with Crippen LogP contribution in [-0.2, 0) is 9.53 Å². The average Bonchev–Trinajstić information content (AvgIpc) is 2.49. The summed E-state index contributed by atoms with van der Waals surface area (Å²) < 4.78 is 5.05. The molecule has 0 bridgehead atoms. The highest BCUT2D eigenvalue weighted by atomic mass is 16.6. The molecule has 4 amide bonds. The molecule has 18 heavy (non-hydrogen) atoms. The molecule has 1 heterocycles. The number of rotatable bonds is 3. The third kappa shape index (κ3) is 3.35. The molecule has 0 aromatic rings. The normalized spacial score (nSPS) is 23.3. The Bertz CT molecular complexity index is 375. The van der Waals surface area contributed by atoms with Gasteiger partial charge in [-0.2, -0.15) is 0 Å². The van der Waals surface area contributed by atoms with Gasteiger partial charge in [-0.25, -0.2) is 9.59 Å². The van der Waals surface area contributed by atoms with Crippen molar-refractivity contribution in [2.45, 2.75) is 45.3 Å². The summed E-state index contributed by atoms with van der Waals surface area (Å²) in [5.74, 6) is -0.439. The van der Waals surface area contributed by atoms with E-state index in [4.69, 9.17) is 4.74 Å². The first-order valence-electron chi connectivity index (χ1n) is 5.79. The lowest BCUT2D eigenvalue weighted by Crippen LogP contribution is -2.55. The summed E-state index contributed by atoms with van der Waals surface area (Å²) in [7, 11) is 0. The second-order valence-electron chi connectivity index (χ2n) is 5.20. The SMILES string of the molecule is CC[C@]1(CNC(=O)OC(C)(C)C)NC(=O)NC1=O. The summed E-state index contributed by atoms with van der Waals surface area (Å²) in [6, 6.07) is -0.548. The van der Waals surface area contributed by atoms with Crippen molar-refractivity contribution in [3.8, 4) is 0 Å². The van der Waals surface area contributed by atoms with Crippen molar-refractivity contribution >= 4 is 18.0 Å². The van der Waals surface area contributed by atoms with Gasteiger partial charge in [0.1, 0.15) is 11.1 Å². The molecule has 0 unspecified atom stereocenters. The van der Waals surface area contributed by atoms with Crippen molar-refractivity contribution < 1.29 is 19.1 Å². The number of alkyl carbamates (subject to hydrolysis) is 1. The van der Waals surface area contributed by atoms with E-state index in [-0.39, 0.29) is 6.54 Å². The number of ether oxygens (including phenoxy) is 1. The fourth-order valence-electron chi connectivity index (χ4n) is 1.56. The van der Waals surface area contributed by atoms with Gasteiger partial charge in [-0.05, 0) is 27.2 Å². The molecule has 0 aromatic carbocycles. The Hall–Kier alpha value is -1.79. The van der Waals surface area contributed by atoms with Crippen molar-refractivity contribution in [3.05, 3.63) is 0 Å². The lowest BCUT2D eigenvalue weighted by Gasteiger charge is -2.26. The van der Waals surface area contributed by atoms with Crippen LogP contribution in [-0.4, -0.2) is 35.7 Å². The molecule has 102 valence electrons. The summed E-state index contributed by atoms with van der Waals surface area (Å²) in [6.45, 7) is 6.97. The van der Waals surface area contributed by atoms with Gasteiger partial charge in [-0.15, -0.1) is 0 Å². The van der Waals surface area contributed by atoms with Crippen molar-refractivity contribution in [3.63, 3.8) is 0 Å². The van der Waals surface area contributed by atoms with Gasteiger partial charge >= 0.3 is 12.1 Å². The van der Waals surface area contributed by atoms with E-state index in [0.29, 0.717) is 6.42 Å². The van der Waals surface area contributed by atoms with E-state index in [0.717, 1.165) is 0 Å². The Morgan fingerprint density at radius 1 is 1.39 bits per heavy atom. The van der Waals surface area contributed by atoms with Crippen LogP contribution >= 0.6 is 0 Å². The van der Waals surface area contributed by atoms with E-state index >= 15 is 0 Å². The molecule has 1 saturated heterocycles. The van der Waals surface area contributed by atoms with E-state index < -0.39 is 29.2 Å². The quantitative estimate of drug-likeness (QED) is 0.641. The van der Waals surface area contributed by atoms with E-state index in [1.807, 2.05) is 0 Å². The predicted molar refractivity (Wildman–Crippen MR) is 63.9 cm³/mol. The standard InChI is InChI=1S/C11H19N3O4/c1-5-11(7(15)13-8(16)14-11)6-12-9(17)18-10(2,3)4/h5-6H2,1-4H3,(H,12,17)(H2,13,14,15,16)/t11-/m1/s1. The number of carbonyl (C=O) groups excluding carboxylic acids is 3. The number of amides is 4. The predicted octanol–water partition coefficient (Wildman–Crippen LogP) is 0.499. The van der Waals surface area contributed by atoms with Gasteiger partial charge in [0.15, 0.2) is 0 Å². The zero-order chi connectivity index (χ0) is 14.0. The molecular weight excluding hydrogens is 238 g/mol. The largest absolute Gasteiger partial charge is 0.444 e. The first kappa shape index (κ1) is 14.3. The molecule has 0 radical (unpaired) electrons. The molecule has 1 aliphatic heterocycles. The van der Waals surface area contributed by atoms with Crippen LogP contribution in [0.2, 0.25) is 0 Å². The Morgan fingerprint density at radius 2 is 2.00 bits per heavy atom. The fourth-order valence-corrected chi connectivity index (χ4v) is 1.56. The third-order valence-corrected chi connectivity index (χ3v) is 2.55. The Morgan fingerprint density at radius 3 is 2.39 bits per heavy atom. The minimum absolute atomic E-state index is 0.00398. The summed E-state index contributed by atoms with van der Waals surface area (Å²) >= 11 is 0. The van der Waals surface area contributed by atoms with Gasteiger partial charge in [-0.3, -0.25) is 10.1 Å². The van der Waals surface area contributed by atoms with Crippen LogP contribution in [0.3, 0.4) is 0 Å². The second-order valence-corrected chi connectivity index (χ2v) is 5.20. The highest BCUT2D eigenvalue weighted by Crippen LogP contribution is 2.14. The molecule has 0 spiro atoms. The van der Waals surface area contributed by atoms with Gasteiger partial charge in [0, 0.05) is 0 Å². The Labute approximate surface area is 106 Å². The molecule has 1 aliphatic rings. The lowest BCUT2D eigenvalue weighted by molar-refractivity contribution is -0.123. The van der Waals surface area contributed by atoms with Gasteiger partial charge in [0.2, 0.25) is 0 Å². The van der Waals surface area contributed by atoms with Gasteiger partial charge in [0.05, 0.1) is 6.54 Å². The summed E-state index contributed by atoms with van der Waals surface area (Å²) in [5, 5.41) is 7.15. The fraction of sp³-hybridized carbons (Fsp3) is 0.727. The second kappa shape index (κ2) is 4.83. The summed E-state index contributed by atoms with van der Waals surface area (Å²) in [6.07, 6.45) is -0.246. The summed E-state index contributed by atoms with van der Waals surface area (Å²) in [5.41, 5.74) is -1.70. The molecule has 7 nitrogen and oxygen atoms in total. The van der Waals surface area contributed by atoms with Crippen LogP contribution in [0.5, 0.6) is 0 Å². The molecule has 3 N–H and O–H groups in total. The van der Waals surface area contributed by atoms with E-state index in [1.54, 1.807) is 27.7 Å². The van der Waals surface area contributed by atoms with E-state index in [9.17, 15) is 14.4 Å². The molecule has 1 fully saturated rings. The van der Waals surface area contributed by atoms with Crippen LogP contribution in [0.4, 0.5) is 9.59 Å². The zero-order valence-electron chi connectivity index (χ0n) is 11.0. The third-order valence-electron chi connectivity index (χ3n) is 2.55. The molecular formula is C11H19N3O4. The van der Waals surface area contributed by atoms with Crippen LogP contribution < -0.4 is 16.0 Å². The maximum atomic E-state index is 11.6. The van der Waals surface area contributed by atoms with Crippen molar-refractivity contribution in [1.82, 2.24) is 16.0 Å². The van der Waals surface area contributed by atoms with E-state index in [2.05, 4.69) is 16.0 Å². The molecule has 0 saturated carbocycles. The highest BCUT2D eigenvalue weighted by molar-refractivity contribution is 6.07. The number of hydrogen-bond donors (Lipinski definition) is 3. The zero-order valence-corrected chi connectivity index (χ0v) is 11.0. The average molecular weight is 257 g/mol. The monoisotopic (exact) mass is 257 g/mol. The smallest absolute Gasteiger partial charge is 0.407 e. The minimum atomic E-state index is -1.09. The summed E-state index contributed by atoms with van der Waals surface area (Å²) in [4.78, 5) is 34.2. The first-order chi connectivity index (χ1) is 8.18. The maximum absolute atomic E-state index is 11.6. The molecule has 7 heteroatoms. The number of imide groups is 1. The number of nitrogens with one attached hydrogen (secondary N) is 3. The molecule has 1 rings (SSSR count). The molecule has 0 aliphatic carbocycles. The van der Waals surface area contributed by atoms with E-state index in [1.165, 1.54) is 0 Å². The number of urea groups is 1. The van der Waals surface area contributed by atoms with Crippen LogP contribution in [0.1, 0.15) is 34.1 Å². The topological polar surface area (TPSA) is 96.5 Å². The Balaban J connectivity index is 2.58. The van der Waals surface area contributed by atoms with Crippen molar-refractivity contribution in [2.24, 2.45) is 0 Å². The van der Waals surface area contributed by atoms with Crippen LogP contribution in [0.25, 0.3) is 0 Å². The minimum Gasteiger partial charge on any atom is -0.444 e. The molecule has 0 aromatic heterocycles. The first-order valence-corrected chi connectivity index (χ1v) is 5.79. The molecule has 1 atom stereocenters.